The van der Waals surface area contributed by atoms with Gasteiger partial charge in [0.25, 0.3) is 5.91 Å². The molecule has 9 heteroatoms. The van der Waals surface area contributed by atoms with Gasteiger partial charge < -0.3 is 25.7 Å². The highest BCUT2D eigenvalue weighted by atomic mass is 16.5. The van der Waals surface area contributed by atoms with Crippen molar-refractivity contribution in [2.24, 2.45) is 11.7 Å². The number of carbonyl (C=O) groups is 3. The molecule has 0 aromatic carbocycles. The summed E-state index contributed by atoms with van der Waals surface area (Å²) in [5.74, 6) is -0.553. The Bertz CT molecular complexity index is 951. The zero-order valence-electron chi connectivity index (χ0n) is 17.4. The lowest BCUT2D eigenvalue weighted by molar-refractivity contribution is -0.122. The maximum atomic E-state index is 12.7. The van der Waals surface area contributed by atoms with Crippen LogP contribution in [-0.2, 0) is 9.53 Å². The van der Waals surface area contributed by atoms with E-state index in [-0.39, 0.29) is 24.3 Å². The molecule has 9 nitrogen and oxygen atoms in total. The van der Waals surface area contributed by atoms with Gasteiger partial charge in [-0.05, 0) is 51.3 Å². The number of piperidine rings is 1. The molecule has 2 aromatic rings. The smallest absolute Gasteiger partial charge is 0.340 e. The number of pyridine rings is 1. The number of hydrogen-bond donors (Lipinski definition) is 3. The van der Waals surface area contributed by atoms with Crippen molar-refractivity contribution in [3.63, 3.8) is 0 Å². The van der Waals surface area contributed by atoms with Crippen LogP contribution in [0, 0.1) is 19.8 Å². The van der Waals surface area contributed by atoms with Crippen molar-refractivity contribution in [2.45, 2.75) is 33.6 Å². The van der Waals surface area contributed by atoms with Crippen molar-refractivity contribution in [2.75, 3.05) is 29.9 Å². The van der Waals surface area contributed by atoms with Gasteiger partial charge in [0.1, 0.15) is 11.5 Å². The molecular weight excluding hydrogens is 386 g/mol. The quantitative estimate of drug-likeness (QED) is 0.622. The number of aryl methyl sites for hydroxylation is 1. The van der Waals surface area contributed by atoms with Crippen LogP contribution in [0.5, 0.6) is 0 Å². The van der Waals surface area contributed by atoms with Crippen molar-refractivity contribution >= 4 is 29.3 Å². The molecule has 1 unspecified atom stereocenters. The first-order valence-corrected chi connectivity index (χ1v) is 9.99. The Morgan fingerprint density at radius 2 is 2.10 bits per heavy atom. The number of amides is 2. The Labute approximate surface area is 175 Å². The van der Waals surface area contributed by atoms with Gasteiger partial charge >= 0.3 is 5.97 Å². The lowest BCUT2D eigenvalue weighted by atomic mass is 9.97. The molecule has 1 fully saturated rings. The molecule has 0 aliphatic carbocycles. The largest absolute Gasteiger partial charge is 0.462 e. The maximum absolute atomic E-state index is 12.7. The predicted molar refractivity (Wildman–Crippen MR) is 113 cm³/mol. The van der Waals surface area contributed by atoms with Gasteiger partial charge in [-0.3, -0.25) is 9.59 Å². The second-order valence-electron chi connectivity index (χ2n) is 7.39. The van der Waals surface area contributed by atoms with Crippen LogP contribution in [0.25, 0.3) is 0 Å². The van der Waals surface area contributed by atoms with E-state index < -0.39 is 5.97 Å². The Hall–Kier alpha value is -3.36. The molecule has 1 aliphatic heterocycles. The summed E-state index contributed by atoms with van der Waals surface area (Å²) in [4.78, 5) is 45.7. The molecule has 0 spiro atoms. The van der Waals surface area contributed by atoms with Crippen LogP contribution in [0.15, 0.2) is 18.3 Å². The average molecular weight is 413 g/mol. The summed E-state index contributed by atoms with van der Waals surface area (Å²) in [7, 11) is 0. The first-order chi connectivity index (χ1) is 14.3. The molecule has 2 amide bonds. The van der Waals surface area contributed by atoms with E-state index in [2.05, 4.69) is 15.3 Å². The van der Waals surface area contributed by atoms with Gasteiger partial charge in [-0.15, -0.1) is 0 Å². The monoisotopic (exact) mass is 413 g/mol. The summed E-state index contributed by atoms with van der Waals surface area (Å²) in [6.45, 7) is 6.78. The number of esters is 1. The first kappa shape index (κ1) is 21.4. The summed E-state index contributed by atoms with van der Waals surface area (Å²) >= 11 is 0. The summed E-state index contributed by atoms with van der Waals surface area (Å²) in [5, 5.41) is 2.79. The SMILES string of the molecule is CCOC(=O)c1c(C)[nH]c(C(=O)Nc2ccc(N3CCCC(C(N)=O)C3)nc2)c1C. The van der Waals surface area contributed by atoms with Crippen molar-refractivity contribution in [1.82, 2.24) is 9.97 Å². The fraction of sp³-hybridized carbons (Fsp3) is 0.429. The van der Waals surface area contributed by atoms with E-state index in [1.807, 2.05) is 4.90 Å². The van der Waals surface area contributed by atoms with Crippen molar-refractivity contribution < 1.29 is 19.1 Å². The van der Waals surface area contributed by atoms with Crippen LogP contribution in [0.1, 0.15) is 51.9 Å². The van der Waals surface area contributed by atoms with Crippen LogP contribution in [0.2, 0.25) is 0 Å². The number of aromatic nitrogens is 2. The highest BCUT2D eigenvalue weighted by Gasteiger charge is 2.25. The Kier molecular flexibility index (Phi) is 6.39. The van der Waals surface area contributed by atoms with E-state index in [9.17, 15) is 14.4 Å². The normalized spacial score (nSPS) is 16.2. The average Bonchev–Trinajstić information content (AvgIpc) is 3.03. The Morgan fingerprint density at radius 3 is 2.73 bits per heavy atom. The van der Waals surface area contributed by atoms with E-state index in [1.165, 1.54) is 0 Å². The summed E-state index contributed by atoms with van der Waals surface area (Å²) < 4.78 is 5.06. The van der Waals surface area contributed by atoms with Gasteiger partial charge in [0.15, 0.2) is 0 Å². The zero-order valence-corrected chi connectivity index (χ0v) is 17.4. The predicted octanol–water partition coefficient (Wildman–Crippen LogP) is 2.16. The van der Waals surface area contributed by atoms with Crippen LogP contribution in [0.3, 0.4) is 0 Å². The fourth-order valence-electron chi connectivity index (χ4n) is 3.74. The number of nitrogens with two attached hydrogens (primary N) is 1. The molecule has 0 saturated carbocycles. The van der Waals surface area contributed by atoms with Gasteiger partial charge in [0.2, 0.25) is 5.91 Å². The minimum Gasteiger partial charge on any atom is -0.462 e. The lowest BCUT2D eigenvalue weighted by Gasteiger charge is -2.32. The highest BCUT2D eigenvalue weighted by Crippen LogP contribution is 2.23. The minimum absolute atomic E-state index is 0.174. The molecule has 3 rings (SSSR count). The summed E-state index contributed by atoms with van der Waals surface area (Å²) in [6.07, 6.45) is 3.24. The first-order valence-electron chi connectivity index (χ1n) is 9.99. The molecule has 160 valence electrons. The topological polar surface area (TPSA) is 130 Å². The second-order valence-corrected chi connectivity index (χ2v) is 7.39. The molecule has 1 aliphatic rings. The van der Waals surface area contributed by atoms with Crippen LogP contribution in [-0.4, -0.2) is 47.4 Å². The minimum atomic E-state index is -0.454. The standard InChI is InChI=1S/C21H27N5O4/c1-4-30-21(29)17-12(2)18(24-13(17)3)20(28)25-15-7-8-16(23-10-15)26-9-5-6-14(11-26)19(22)27/h7-8,10,14,24H,4-6,9,11H2,1-3H3,(H2,22,27)(H,25,28). The van der Waals surface area contributed by atoms with Gasteiger partial charge in [0.05, 0.1) is 30.0 Å². The molecule has 2 aromatic heterocycles. The van der Waals surface area contributed by atoms with Crippen molar-refractivity contribution in [3.05, 3.63) is 40.8 Å². The number of nitrogens with zero attached hydrogens (tertiary/aromatic N) is 2. The summed E-state index contributed by atoms with van der Waals surface area (Å²) in [6, 6.07) is 3.56. The number of ether oxygens (including phenoxy) is 1. The molecule has 30 heavy (non-hydrogen) atoms. The van der Waals surface area contributed by atoms with Gasteiger partial charge in [-0.25, -0.2) is 9.78 Å². The fourth-order valence-corrected chi connectivity index (χ4v) is 3.74. The number of rotatable bonds is 6. The van der Waals surface area contributed by atoms with E-state index in [4.69, 9.17) is 10.5 Å². The molecule has 1 saturated heterocycles. The van der Waals surface area contributed by atoms with Crippen LogP contribution >= 0.6 is 0 Å². The number of aromatic amines is 1. The van der Waals surface area contributed by atoms with Gasteiger partial charge in [-0.2, -0.15) is 0 Å². The third kappa shape index (κ3) is 4.45. The molecule has 1 atom stereocenters. The van der Waals surface area contributed by atoms with Crippen LogP contribution < -0.4 is 16.0 Å². The third-order valence-corrected chi connectivity index (χ3v) is 5.30. The van der Waals surface area contributed by atoms with E-state index in [0.29, 0.717) is 34.7 Å². The molecule has 0 radical (unpaired) electrons. The summed E-state index contributed by atoms with van der Waals surface area (Å²) in [5.41, 5.74) is 7.77. The highest BCUT2D eigenvalue weighted by molar-refractivity contribution is 6.06. The Balaban J connectivity index is 1.70. The van der Waals surface area contributed by atoms with E-state index in [0.717, 1.165) is 25.2 Å². The van der Waals surface area contributed by atoms with Crippen LogP contribution in [0.4, 0.5) is 11.5 Å². The lowest BCUT2D eigenvalue weighted by Crippen LogP contribution is -2.41. The van der Waals surface area contributed by atoms with Gasteiger partial charge in [0, 0.05) is 18.8 Å². The number of carbonyl (C=O) groups excluding carboxylic acids is 3. The number of hydrogen-bond acceptors (Lipinski definition) is 6. The van der Waals surface area contributed by atoms with Crippen molar-refractivity contribution in [3.8, 4) is 0 Å². The molecule has 3 heterocycles. The number of nitrogens with one attached hydrogen (secondary N) is 2. The molecule has 4 N–H and O–H groups in total. The van der Waals surface area contributed by atoms with E-state index >= 15 is 0 Å². The second kappa shape index (κ2) is 8.98. The zero-order chi connectivity index (χ0) is 21.8. The maximum Gasteiger partial charge on any atom is 0.340 e. The Morgan fingerprint density at radius 1 is 1.33 bits per heavy atom. The molecular formula is C21H27N5O4. The van der Waals surface area contributed by atoms with Crippen molar-refractivity contribution in [1.29, 1.82) is 0 Å². The van der Waals surface area contributed by atoms with Gasteiger partial charge in [-0.1, -0.05) is 0 Å². The molecule has 0 bridgehead atoms. The number of H-pyrrole nitrogens is 1. The third-order valence-electron chi connectivity index (χ3n) is 5.30. The number of primary amides is 1. The number of anilines is 2. The van der Waals surface area contributed by atoms with E-state index in [1.54, 1.807) is 39.1 Å².